The molecule has 0 aliphatic rings. The molecule has 0 aromatic heterocycles. The van der Waals surface area contributed by atoms with E-state index < -0.39 is 0 Å². The smallest absolute Gasteiger partial charge is 0.265 e. The van der Waals surface area contributed by atoms with Gasteiger partial charge in [-0.05, 0) is 38.5 Å². The normalized spacial score (nSPS) is 11.8. The Hall–Kier alpha value is -1.75. The molecule has 0 fully saturated rings. The van der Waals surface area contributed by atoms with E-state index in [1.807, 2.05) is 20.8 Å². The van der Waals surface area contributed by atoms with Crippen LogP contribution in [0.5, 0.6) is 11.5 Å². The number of hydrazine groups is 1. The van der Waals surface area contributed by atoms with Gasteiger partial charge in [0.1, 0.15) is 0 Å². The maximum absolute atomic E-state index is 11.4. The molecule has 1 aromatic rings. The van der Waals surface area contributed by atoms with Crippen molar-refractivity contribution < 1.29 is 14.3 Å². The van der Waals surface area contributed by atoms with E-state index in [0.29, 0.717) is 23.7 Å². The summed E-state index contributed by atoms with van der Waals surface area (Å²) >= 11 is 0. The van der Waals surface area contributed by atoms with Gasteiger partial charge in [0.05, 0.1) is 12.7 Å². The summed E-state index contributed by atoms with van der Waals surface area (Å²) < 4.78 is 11.2. The van der Waals surface area contributed by atoms with Crippen LogP contribution in [0.1, 0.15) is 37.6 Å². The fraction of sp³-hybridized carbons (Fsp3) is 0.462. The number of carbonyl (C=O) groups is 1. The van der Waals surface area contributed by atoms with Gasteiger partial charge in [-0.2, -0.15) is 0 Å². The highest BCUT2D eigenvalue weighted by Crippen LogP contribution is 2.29. The lowest BCUT2D eigenvalue weighted by atomic mass is 10.2. The number of nitrogens with two attached hydrogens (primary N) is 1. The zero-order valence-corrected chi connectivity index (χ0v) is 11.0. The second-order valence-electron chi connectivity index (χ2n) is 3.90. The van der Waals surface area contributed by atoms with E-state index in [9.17, 15) is 4.79 Å². The summed E-state index contributed by atoms with van der Waals surface area (Å²) in [7, 11) is 0. The molecule has 0 unspecified atom stereocenters. The monoisotopic (exact) mass is 252 g/mol. The van der Waals surface area contributed by atoms with Crippen molar-refractivity contribution in [3.8, 4) is 11.5 Å². The summed E-state index contributed by atoms with van der Waals surface area (Å²) in [4.78, 5) is 11.4. The number of rotatable bonds is 6. The predicted molar refractivity (Wildman–Crippen MR) is 69.6 cm³/mol. The van der Waals surface area contributed by atoms with Crippen LogP contribution in [0.4, 0.5) is 0 Å². The van der Waals surface area contributed by atoms with E-state index in [4.69, 9.17) is 15.3 Å². The Balaban J connectivity index is 3.00. The summed E-state index contributed by atoms with van der Waals surface area (Å²) in [6.45, 7) is 6.41. The van der Waals surface area contributed by atoms with E-state index in [1.165, 1.54) is 0 Å². The Morgan fingerprint density at radius 1 is 1.39 bits per heavy atom. The minimum Gasteiger partial charge on any atom is -0.490 e. The number of carbonyl (C=O) groups excluding carboxylic acids is 1. The van der Waals surface area contributed by atoms with Crippen molar-refractivity contribution in [1.82, 2.24) is 5.43 Å². The lowest BCUT2D eigenvalue weighted by Crippen LogP contribution is -2.30. The fourth-order valence-electron chi connectivity index (χ4n) is 1.40. The maximum Gasteiger partial charge on any atom is 0.265 e. The summed E-state index contributed by atoms with van der Waals surface area (Å²) in [6.07, 6.45) is 0.995. The SMILES string of the molecule is CCOc1cc(C(=O)NN)ccc1O[C@H](C)CC. The van der Waals surface area contributed by atoms with Gasteiger partial charge >= 0.3 is 0 Å². The van der Waals surface area contributed by atoms with Crippen LogP contribution in [0.25, 0.3) is 0 Å². The summed E-state index contributed by atoms with van der Waals surface area (Å²) in [5, 5.41) is 0. The molecular weight excluding hydrogens is 232 g/mol. The van der Waals surface area contributed by atoms with Crippen molar-refractivity contribution in [2.45, 2.75) is 33.3 Å². The molecule has 1 amide bonds. The number of benzene rings is 1. The molecule has 5 nitrogen and oxygen atoms in total. The molecule has 100 valence electrons. The summed E-state index contributed by atoms with van der Waals surface area (Å²) in [5.41, 5.74) is 2.53. The number of hydrogen-bond acceptors (Lipinski definition) is 4. The standard InChI is InChI=1S/C13H20N2O3/c1-4-9(3)18-11-7-6-10(13(16)15-14)8-12(11)17-5-2/h6-9H,4-5,14H2,1-3H3,(H,15,16)/t9-/m1/s1. The molecule has 1 aromatic carbocycles. The van der Waals surface area contributed by atoms with Crippen LogP contribution in [-0.4, -0.2) is 18.6 Å². The molecule has 0 aliphatic heterocycles. The van der Waals surface area contributed by atoms with Gasteiger partial charge in [0.15, 0.2) is 11.5 Å². The van der Waals surface area contributed by atoms with Crippen molar-refractivity contribution in [2.75, 3.05) is 6.61 Å². The molecule has 1 atom stereocenters. The van der Waals surface area contributed by atoms with Crippen LogP contribution < -0.4 is 20.7 Å². The van der Waals surface area contributed by atoms with E-state index >= 15 is 0 Å². The van der Waals surface area contributed by atoms with Gasteiger partial charge in [0.25, 0.3) is 5.91 Å². The molecule has 5 heteroatoms. The predicted octanol–water partition coefficient (Wildman–Crippen LogP) is 1.87. The highest BCUT2D eigenvalue weighted by Gasteiger charge is 2.12. The quantitative estimate of drug-likeness (QED) is 0.460. The van der Waals surface area contributed by atoms with Gasteiger partial charge in [-0.3, -0.25) is 10.2 Å². The maximum atomic E-state index is 11.4. The average molecular weight is 252 g/mol. The van der Waals surface area contributed by atoms with Gasteiger partial charge in [0, 0.05) is 5.56 Å². The number of hydrogen-bond donors (Lipinski definition) is 2. The zero-order valence-electron chi connectivity index (χ0n) is 11.0. The van der Waals surface area contributed by atoms with Crippen molar-refractivity contribution in [1.29, 1.82) is 0 Å². The number of nitrogen functional groups attached to an aromatic ring is 1. The first kappa shape index (κ1) is 14.3. The lowest BCUT2D eigenvalue weighted by molar-refractivity contribution is 0.0953. The highest BCUT2D eigenvalue weighted by atomic mass is 16.5. The lowest BCUT2D eigenvalue weighted by Gasteiger charge is -2.16. The van der Waals surface area contributed by atoms with E-state index in [2.05, 4.69) is 5.43 Å². The van der Waals surface area contributed by atoms with E-state index in [1.54, 1.807) is 18.2 Å². The van der Waals surface area contributed by atoms with Gasteiger partial charge in [-0.15, -0.1) is 0 Å². The molecule has 18 heavy (non-hydrogen) atoms. The van der Waals surface area contributed by atoms with Crippen LogP contribution in [-0.2, 0) is 0 Å². The Kier molecular flexibility index (Phi) is 5.45. The molecule has 1 rings (SSSR count). The highest BCUT2D eigenvalue weighted by molar-refractivity contribution is 5.94. The van der Waals surface area contributed by atoms with Crippen LogP contribution in [0.15, 0.2) is 18.2 Å². The van der Waals surface area contributed by atoms with Crippen LogP contribution >= 0.6 is 0 Å². The van der Waals surface area contributed by atoms with E-state index in [0.717, 1.165) is 6.42 Å². The summed E-state index contributed by atoms with van der Waals surface area (Å²) in [5.74, 6) is 5.93. The Bertz CT molecular complexity index is 407. The minimum absolute atomic E-state index is 0.0957. The third kappa shape index (κ3) is 3.63. The number of ether oxygens (including phenoxy) is 2. The second-order valence-corrected chi connectivity index (χ2v) is 3.90. The largest absolute Gasteiger partial charge is 0.490 e. The third-order valence-corrected chi connectivity index (χ3v) is 2.54. The molecule has 3 N–H and O–H groups in total. The van der Waals surface area contributed by atoms with Crippen LogP contribution in [0.2, 0.25) is 0 Å². The van der Waals surface area contributed by atoms with Crippen molar-refractivity contribution in [3.63, 3.8) is 0 Å². The number of amides is 1. The first-order chi connectivity index (χ1) is 8.62. The average Bonchev–Trinajstić information content (AvgIpc) is 2.39. The third-order valence-electron chi connectivity index (χ3n) is 2.54. The zero-order chi connectivity index (χ0) is 13.5. The minimum atomic E-state index is -0.356. The van der Waals surface area contributed by atoms with Gasteiger partial charge in [-0.1, -0.05) is 6.92 Å². The van der Waals surface area contributed by atoms with Gasteiger partial charge in [-0.25, -0.2) is 5.84 Å². The summed E-state index contributed by atoms with van der Waals surface area (Å²) in [6, 6.07) is 5.01. The van der Waals surface area contributed by atoms with Crippen molar-refractivity contribution >= 4 is 5.91 Å². The first-order valence-electron chi connectivity index (χ1n) is 6.06. The van der Waals surface area contributed by atoms with Crippen molar-refractivity contribution in [3.05, 3.63) is 23.8 Å². The Morgan fingerprint density at radius 3 is 2.67 bits per heavy atom. The topological polar surface area (TPSA) is 73.6 Å². The number of nitrogens with one attached hydrogen (secondary N) is 1. The molecule has 0 radical (unpaired) electrons. The molecule has 0 heterocycles. The molecule has 0 saturated heterocycles. The van der Waals surface area contributed by atoms with Gasteiger partial charge in [0.2, 0.25) is 0 Å². The Morgan fingerprint density at radius 2 is 2.11 bits per heavy atom. The van der Waals surface area contributed by atoms with E-state index in [-0.39, 0.29) is 12.0 Å². The molecule has 0 saturated carbocycles. The second kappa shape index (κ2) is 6.86. The Labute approximate surface area is 107 Å². The molecule has 0 spiro atoms. The molecule has 0 bridgehead atoms. The fourth-order valence-corrected chi connectivity index (χ4v) is 1.40. The first-order valence-corrected chi connectivity index (χ1v) is 6.06. The van der Waals surface area contributed by atoms with Crippen molar-refractivity contribution in [2.24, 2.45) is 5.84 Å². The van der Waals surface area contributed by atoms with Crippen LogP contribution in [0, 0.1) is 0 Å². The van der Waals surface area contributed by atoms with Crippen LogP contribution in [0.3, 0.4) is 0 Å². The van der Waals surface area contributed by atoms with Gasteiger partial charge < -0.3 is 9.47 Å². The molecule has 0 aliphatic carbocycles. The molecular formula is C13H20N2O3.